The molecule has 1 aliphatic rings. The van der Waals surface area contributed by atoms with Crippen LogP contribution < -0.4 is 19.8 Å². The molecule has 4 N–H and O–H groups in total. The van der Waals surface area contributed by atoms with Gasteiger partial charge >= 0.3 is 11.5 Å². The Morgan fingerprint density at radius 2 is 1.46 bits per heavy atom. The van der Waals surface area contributed by atoms with Crippen LogP contribution in [0.5, 0.6) is 0 Å². The lowest BCUT2D eigenvalue weighted by molar-refractivity contribution is -0.0436. The standard InChI is InChI=1S/C48H48ClF4N5O7S3/c1-30(2)58-31(3)44(47(60)61)45(46(58)32-9-11-34(49)12-10-32)33-25-35(50)27-39(26-33)57-22-20-56(21-23-57)38-15-13-36(14-16-38)55-68(64,65)41-17-18-42(43(28-41)67(62,63)48(51,52)53)54-37(19-24-59)29-66-40-7-5-4-6-8-40/h4-18,25-28,30,37,54-55,59H,19-24,29H2,1-3H3,(H,60,61)/t37-/m1/s1. The number of aromatic nitrogens is 1. The summed E-state index contributed by atoms with van der Waals surface area (Å²) in [6, 6.07) is 28.5. The molecule has 0 radical (unpaired) electrons. The zero-order chi connectivity index (χ0) is 49.1. The molecule has 1 fully saturated rings. The quantitative estimate of drug-likeness (QED) is 0.0508. The van der Waals surface area contributed by atoms with Crippen molar-refractivity contribution in [1.29, 1.82) is 0 Å². The van der Waals surface area contributed by atoms with Crippen LogP contribution in [0.15, 0.2) is 130 Å². The number of benzene rings is 5. The van der Waals surface area contributed by atoms with Crippen molar-refractivity contribution in [1.82, 2.24) is 4.57 Å². The Kier molecular flexibility index (Phi) is 15.1. The van der Waals surface area contributed by atoms with Gasteiger partial charge in [0, 0.05) is 88.9 Å². The molecular formula is C48H48ClF4N5O7S3. The van der Waals surface area contributed by atoms with Gasteiger partial charge in [0.25, 0.3) is 19.9 Å². The number of halogens is 5. The molecule has 0 bridgehead atoms. The highest BCUT2D eigenvalue weighted by Crippen LogP contribution is 2.43. The Hall–Kier alpha value is -5.73. The van der Waals surface area contributed by atoms with E-state index >= 15 is 4.39 Å². The second-order valence-electron chi connectivity index (χ2n) is 16.4. The van der Waals surface area contributed by atoms with Crippen molar-refractivity contribution >= 4 is 71.9 Å². The number of aromatic carboxylic acids is 1. The van der Waals surface area contributed by atoms with E-state index in [-0.39, 0.29) is 36.1 Å². The van der Waals surface area contributed by atoms with Gasteiger partial charge in [-0.25, -0.2) is 26.0 Å². The second-order valence-corrected chi connectivity index (χ2v) is 21.5. The van der Waals surface area contributed by atoms with Gasteiger partial charge in [-0.1, -0.05) is 41.9 Å². The number of nitrogens with zero attached hydrogens (tertiary/aromatic N) is 3. The van der Waals surface area contributed by atoms with Gasteiger partial charge in [-0.05, 0) is 123 Å². The van der Waals surface area contributed by atoms with Crippen LogP contribution in [0.4, 0.5) is 40.3 Å². The summed E-state index contributed by atoms with van der Waals surface area (Å²) >= 11 is 7.55. The van der Waals surface area contributed by atoms with E-state index < -0.39 is 58.7 Å². The molecule has 0 aliphatic carbocycles. The maximum atomic E-state index is 15.6. The van der Waals surface area contributed by atoms with Gasteiger partial charge in [0.1, 0.15) is 10.7 Å². The van der Waals surface area contributed by atoms with Gasteiger partial charge in [0.05, 0.1) is 21.8 Å². The first kappa shape index (κ1) is 50.2. The number of aliphatic hydroxyl groups is 1. The van der Waals surface area contributed by atoms with E-state index in [2.05, 4.69) is 10.0 Å². The van der Waals surface area contributed by atoms with Crippen LogP contribution in [-0.4, -0.2) is 87.7 Å². The van der Waals surface area contributed by atoms with Crippen molar-refractivity contribution in [2.75, 3.05) is 58.4 Å². The summed E-state index contributed by atoms with van der Waals surface area (Å²) in [6.07, 6.45) is 0.0601. The number of sulfone groups is 1. The maximum absolute atomic E-state index is 15.6. The molecule has 1 aromatic heterocycles. The van der Waals surface area contributed by atoms with Crippen molar-refractivity contribution in [3.63, 3.8) is 0 Å². The van der Waals surface area contributed by atoms with Gasteiger partial charge in [-0.3, -0.25) is 4.72 Å². The van der Waals surface area contributed by atoms with Gasteiger partial charge in [0.15, 0.2) is 0 Å². The van der Waals surface area contributed by atoms with Crippen molar-refractivity contribution in [3.05, 3.63) is 137 Å². The number of carboxylic acid groups (broad SMARTS) is 1. The number of thioether (sulfide) groups is 1. The van der Waals surface area contributed by atoms with E-state index in [0.29, 0.717) is 71.2 Å². The number of sulfonamides is 1. The van der Waals surface area contributed by atoms with Crippen LogP contribution in [0.2, 0.25) is 5.02 Å². The molecule has 0 unspecified atom stereocenters. The fraction of sp³-hybridized carbons (Fsp3) is 0.271. The van der Waals surface area contributed by atoms with Crippen LogP contribution in [-0.2, 0) is 19.9 Å². The molecule has 20 heteroatoms. The normalized spacial score (nSPS) is 14.0. The maximum Gasteiger partial charge on any atom is 0.501 e. The van der Waals surface area contributed by atoms with Gasteiger partial charge in [-0.2, -0.15) is 13.2 Å². The third-order valence-electron chi connectivity index (χ3n) is 11.5. The number of alkyl halides is 3. The molecule has 0 amide bonds. The fourth-order valence-electron chi connectivity index (χ4n) is 8.29. The lowest BCUT2D eigenvalue weighted by Crippen LogP contribution is -2.46. The average molecular weight is 1010 g/mol. The summed E-state index contributed by atoms with van der Waals surface area (Å²) in [6.45, 7) is 7.11. The average Bonchev–Trinajstić information content (AvgIpc) is 3.61. The predicted octanol–water partition coefficient (Wildman–Crippen LogP) is 10.6. The Morgan fingerprint density at radius 1 is 0.824 bits per heavy atom. The molecule has 68 heavy (non-hydrogen) atoms. The topological polar surface area (TPSA) is 161 Å². The third kappa shape index (κ3) is 10.9. The first-order valence-electron chi connectivity index (χ1n) is 21.4. The molecule has 6 aromatic rings. The van der Waals surface area contributed by atoms with Crippen molar-refractivity contribution in [2.24, 2.45) is 0 Å². The minimum atomic E-state index is -6.05. The number of hydrogen-bond donors (Lipinski definition) is 4. The number of anilines is 4. The molecule has 0 saturated carbocycles. The monoisotopic (exact) mass is 1010 g/mol. The third-order valence-corrected chi connectivity index (χ3v) is 15.8. The number of carboxylic acids is 1. The summed E-state index contributed by atoms with van der Waals surface area (Å²) < 4.78 is 115. The molecule has 0 spiro atoms. The van der Waals surface area contributed by atoms with E-state index in [1.165, 1.54) is 36.0 Å². The highest BCUT2D eigenvalue weighted by molar-refractivity contribution is 7.99. The molecule has 1 atom stereocenters. The van der Waals surface area contributed by atoms with E-state index in [1.807, 2.05) is 46.4 Å². The molecular weight excluding hydrogens is 966 g/mol. The Balaban J connectivity index is 1.07. The van der Waals surface area contributed by atoms with Gasteiger partial charge < -0.3 is 29.9 Å². The number of piperazine rings is 1. The number of nitrogens with one attached hydrogen (secondary N) is 2. The summed E-state index contributed by atoms with van der Waals surface area (Å²) in [5.41, 5.74) is -2.16. The largest absolute Gasteiger partial charge is 0.501 e. The summed E-state index contributed by atoms with van der Waals surface area (Å²) in [5, 5.41) is 23.4. The summed E-state index contributed by atoms with van der Waals surface area (Å²) in [5.74, 6) is -1.44. The van der Waals surface area contributed by atoms with Crippen LogP contribution in [0.3, 0.4) is 0 Å². The molecule has 7 rings (SSSR count). The number of rotatable bonds is 17. The van der Waals surface area contributed by atoms with Gasteiger partial charge in [-0.15, -0.1) is 11.8 Å². The van der Waals surface area contributed by atoms with Gasteiger partial charge in [0.2, 0.25) is 0 Å². The molecule has 5 aromatic carbocycles. The highest BCUT2D eigenvalue weighted by atomic mass is 35.5. The molecule has 360 valence electrons. The highest BCUT2D eigenvalue weighted by Gasteiger charge is 2.48. The Morgan fingerprint density at radius 3 is 2.04 bits per heavy atom. The lowest BCUT2D eigenvalue weighted by Gasteiger charge is -2.37. The van der Waals surface area contributed by atoms with Crippen molar-refractivity contribution in [2.45, 2.75) is 59.5 Å². The van der Waals surface area contributed by atoms with E-state index in [1.54, 1.807) is 61.5 Å². The zero-order valence-electron chi connectivity index (χ0n) is 37.0. The molecule has 1 aliphatic heterocycles. The van der Waals surface area contributed by atoms with Crippen LogP contribution in [0, 0.1) is 12.7 Å². The zero-order valence-corrected chi connectivity index (χ0v) is 40.2. The van der Waals surface area contributed by atoms with Crippen molar-refractivity contribution in [3.8, 4) is 22.4 Å². The molecule has 1 saturated heterocycles. The lowest BCUT2D eigenvalue weighted by atomic mass is 9.96. The van der Waals surface area contributed by atoms with Crippen LogP contribution in [0.1, 0.15) is 42.4 Å². The van der Waals surface area contributed by atoms with Crippen LogP contribution >= 0.6 is 23.4 Å². The Labute approximate surface area is 401 Å². The number of aliphatic hydroxyl groups excluding tert-OH is 1. The molecule has 2 heterocycles. The smallest absolute Gasteiger partial charge is 0.478 e. The first-order valence-corrected chi connectivity index (χ1v) is 25.7. The summed E-state index contributed by atoms with van der Waals surface area (Å²) in [7, 11) is -10.7. The van der Waals surface area contributed by atoms with Crippen molar-refractivity contribution < 1.29 is 49.4 Å². The fourth-order valence-corrected chi connectivity index (χ4v) is 11.5. The van der Waals surface area contributed by atoms with E-state index in [4.69, 9.17) is 11.6 Å². The van der Waals surface area contributed by atoms with E-state index in [9.17, 15) is 45.0 Å². The molecule has 12 nitrogen and oxygen atoms in total. The first-order chi connectivity index (χ1) is 32.2. The SMILES string of the molecule is Cc1c(C(=O)O)c(-c2cc(F)cc(N3CCN(c4ccc(NS(=O)(=O)c5ccc(N[C@H](CCO)CSc6ccccc6)c(S(=O)(=O)C(F)(F)F)c5)cc4)CC3)c2)c(-c2ccc(Cl)cc2)n1C(C)C. The number of hydrogen-bond acceptors (Lipinski definition) is 10. The van der Waals surface area contributed by atoms with Crippen LogP contribution in [0.25, 0.3) is 22.4 Å². The second kappa shape index (κ2) is 20.5. The minimum Gasteiger partial charge on any atom is -0.478 e. The van der Waals surface area contributed by atoms with E-state index in [0.717, 1.165) is 22.6 Å². The minimum absolute atomic E-state index is 0.0586. The Bertz CT molecular complexity index is 3000. The summed E-state index contributed by atoms with van der Waals surface area (Å²) in [4.78, 5) is 15.7. The predicted molar refractivity (Wildman–Crippen MR) is 260 cm³/mol. The number of carbonyl (C=O) groups is 1.